The molecule has 1 aliphatic rings. The van der Waals surface area contributed by atoms with Crippen molar-refractivity contribution in [1.82, 2.24) is 10.2 Å². The van der Waals surface area contributed by atoms with Gasteiger partial charge in [0.25, 0.3) is 0 Å². The average molecular weight is 415 g/mol. The summed E-state index contributed by atoms with van der Waals surface area (Å²) in [6, 6.07) is 13.4. The number of halogens is 2. The van der Waals surface area contributed by atoms with Crippen LogP contribution in [0.5, 0.6) is 0 Å². The van der Waals surface area contributed by atoms with Gasteiger partial charge in [-0.25, -0.2) is 8.78 Å². The molecule has 160 valence electrons. The predicted molar refractivity (Wildman–Crippen MR) is 112 cm³/mol. The fraction of sp³-hybridized carbons (Fsp3) is 0.391. The van der Waals surface area contributed by atoms with E-state index in [0.717, 1.165) is 50.0 Å². The smallest absolute Gasteiger partial charge is 0.225 e. The molecule has 2 aromatic carbocycles. The number of piperidine rings is 1. The molecule has 2 amide bonds. The molecule has 7 heteroatoms. The van der Waals surface area contributed by atoms with E-state index in [2.05, 4.69) is 15.5 Å². The molecule has 1 fully saturated rings. The SMILES string of the molecule is O=C(CCN1CCC(NC(=O)CCc2ccccc2)CC1)Nc1ccc(F)c(F)c1. The summed E-state index contributed by atoms with van der Waals surface area (Å²) in [5, 5.41) is 5.69. The standard InChI is InChI=1S/C23H27F2N3O2/c24-20-8-7-19(16-21(20)25)27-23(30)12-15-28-13-10-18(11-14-28)26-22(29)9-6-17-4-2-1-3-5-17/h1-5,7-8,16,18H,6,9-15H2,(H,26,29)(H,27,30). The lowest BCUT2D eigenvalue weighted by atomic mass is 10.0. The molecule has 0 spiro atoms. The Morgan fingerprint density at radius 2 is 1.67 bits per heavy atom. The third kappa shape index (κ3) is 6.91. The maximum atomic E-state index is 13.2. The molecule has 0 unspecified atom stereocenters. The number of aryl methyl sites for hydroxylation is 1. The molecule has 1 saturated heterocycles. The predicted octanol–water partition coefficient (Wildman–Crippen LogP) is 3.51. The molecule has 2 N–H and O–H groups in total. The van der Waals surface area contributed by atoms with E-state index in [0.29, 0.717) is 13.0 Å². The van der Waals surface area contributed by atoms with Crippen molar-refractivity contribution in [2.45, 2.75) is 38.1 Å². The molecule has 0 saturated carbocycles. The minimum Gasteiger partial charge on any atom is -0.353 e. The van der Waals surface area contributed by atoms with E-state index in [9.17, 15) is 18.4 Å². The van der Waals surface area contributed by atoms with Crippen LogP contribution in [0.4, 0.5) is 14.5 Å². The second kappa shape index (κ2) is 10.8. The third-order valence-electron chi connectivity index (χ3n) is 5.29. The highest BCUT2D eigenvalue weighted by Crippen LogP contribution is 2.14. The Balaban J connectivity index is 1.31. The quantitative estimate of drug-likeness (QED) is 0.694. The highest BCUT2D eigenvalue weighted by molar-refractivity contribution is 5.90. The van der Waals surface area contributed by atoms with Gasteiger partial charge in [-0.3, -0.25) is 9.59 Å². The van der Waals surface area contributed by atoms with Crippen molar-refractivity contribution in [1.29, 1.82) is 0 Å². The molecular weight excluding hydrogens is 388 g/mol. The largest absolute Gasteiger partial charge is 0.353 e. The zero-order valence-electron chi connectivity index (χ0n) is 16.9. The number of likely N-dealkylation sites (tertiary alicyclic amines) is 1. The van der Waals surface area contributed by atoms with Crippen LogP contribution in [0, 0.1) is 11.6 Å². The monoisotopic (exact) mass is 415 g/mol. The first kappa shape index (κ1) is 21.9. The Hall–Kier alpha value is -2.80. The fourth-order valence-electron chi connectivity index (χ4n) is 3.56. The number of amides is 2. The second-order valence-electron chi connectivity index (χ2n) is 7.60. The van der Waals surface area contributed by atoms with Gasteiger partial charge in [-0.15, -0.1) is 0 Å². The number of benzene rings is 2. The van der Waals surface area contributed by atoms with E-state index in [4.69, 9.17) is 0 Å². The Labute approximate surface area is 175 Å². The molecule has 0 aliphatic carbocycles. The summed E-state index contributed by atoms with van der Waals surface area (Å²) in [6.07, 6.45) is 3.18. The van der Waals surface area contributed by atoms with Crippen LogP contribution in [0.25, 0.3) is 0 Å². The molecular formula is C23H27F2N3O2. The Morgan fingerprint density at radius 3 is 2.37 bits per heavy atom. The van der Waals surface area contributed by atoms with Gasteiger partial charge in [-0.2, -0.15) is 0 Å². The number of carbonyl (C=O) groups excluding carboxylic acids is 2. The lowest BCUT2D eigenvalue weighted by Gasteiger charge is -2.32. The van der Waals surface area contributed by atoms with Gasteiger partial charge in [0.15, 0.2) is 11.6 Å². The first-order valence-corrected chi connectivity index (χ1v) is 10.3. The summed E-state index contributed by atoms with van der Waals surface area (Å²) < 4.78 is 26.1. The number of anilines is 1. The number of nitrogens with zero attached hydrogens (tertiary/aromatic N) is 1. The highest BCUT2D eigenvalue weighted by atomic mass is 19.2. The van der Waals surface area contributed by atoms with E-state index in [1.807, 2.05) is 30.3 Å². The van der Waals surface area contributed by atoms with Crippen molar-refractivity contribution in [3.63, 3.8) is 0 Å². The normalized spacial score (nSPS) is 15.0. The summed E-state index contributed by atoms with van der Waals surface area (Å²) in [5.41, 5.74) is 1.40. The molecule has 0 aromatic heterocycles. The molecule has 0 radical (unpaired) electrons. The zero-order valence-corrected chi connectivity index (χ0v) is 16.9. The van der Waals surface area contributed by atoms with Gasteiger partial charge >= 0.3 is 0 Å². The van der Waals surface area contributed by atoms with Gasteiger partial charge in [-0.05, 0) is 37.0 Å². The molecule has 5 nitrogen and oxygen atoms in total. The number of rotatable bonds is 8. The topological polar surface area (TPSA) is 61.4 Å². The Kier molecular flexibility index (Phi) is 7.90. The molecule has 0 bridgehead atoms. The number of hydrogen-bond donors (Lipinski definition) is 2. The van der Waals surface area contributed by atoms with Gasteiger partial charge < -0.3 is 15.5 Å². The first-order chi connectivity index (χ1) is 14.5. The summed E-state index contributed by atoms with van der Waals surface area (Å²) in [6.45, 7) is 2.20. The van der Waals surface area contributed by atoms with Crippen molar-refractivity contribution in [2.24, 2.45) is 0 Å². The summed E-state index contributed by atoms with van der Waals surface area (Å²) in [7, 11) is 0. The van der Waals surface area contributed by atoms with Crippen LogP contribution >= 0.6 is 0 Å². The van der Waals surface area contributed by atoms with Crippen molar-refractivity contribution in [3.8, 4) is 0 Å². The van der Waals surface area contributed by atoms with Crippen molar-refractivity contribution < 1.29 is 18.4 Å². The summed E-state index contributed by atoms with van der Waals surface area (Å²) in [4.78, 5) is 26.4. The van der Waals surface area contributed by atoms with Crippen LogP contribution in [-0.4, -0.2) is 42.4 Å². The van der Waals surface area contributed by atoms with E-state index in [-0.39, 0.29) is 30.0 Å². The van der Waals surface area contributed by atoms with Crippen LogP contribution in [-0.2, 0) is 16.0 Å². The van der Waals surface area contributed by atoms with Crippen LogP contribution in [0.1, 0.15) is 31.2 Å². The zero-order chi connectivity index (χ0) is 21.3. The lowest BCUT2D eigenvalue weighted by molar-refractivity contribution is -0.122. The van der Waals surface area contributed by atoms with E-state index in [1.54, 1.807) is 0 Å². The van der Waals surface area contributed by atoms with E-state index >= 15 is 0 Å². The Bertz CT molecular complexity index is 853. The van der Waals surface area contributed by atoms with Crippen molar-refractivity contribution >= 4 is 17.5 Å². The first-order valence-electron chi connectivity index (χ1n) is 10.3. The van der Waals surface area contributed by atoms with Gasteiger partial charge in [0.2, 0.25) is 11.8 Å². The number of nitrogens with one attached hydrogen (secondary N) is 2. The Morgan fingerprint density at radius 1 is 0.933 bits per heavy atom. The van der Waals surface area contributed by atoms with Crippen LogP contribution < -0.4 is 10.6 Å². The van der Waals surface area contributed by atoms with Crippen LogP contribution in [0.2, 0.25) is 0 Å². The molecule has 2 aromatic rings. The van der Waals surface area contributed by atoms with Gasteiger partial charge in [-0.1, -0.05) is 30.3 Å². The van der Waals surface area contributed by atoms with Crippen molar-refractivity contribution in [3.05, 3.63) is 65.7 Å². The molecule has 0 atom stereocenters. The van der Waals surface area contributed by atoms with Gasteiger partial charge in [0.05, 0.1) is 0 Å². The molecule has 1 heterocycles. The molecule has 30 heavy (non-hydrogen) atoms. The maximum Gasteiger partial charge on any atom is 0.225 e. The van der Waals surface area contributed by atoms with E-state index in [1.165, 1.54) is 6.07 Å². The third-order valence-corrected chi connectivity index (χ3v) is 5.29. The average Bonchev–Trinajstić information content (AvgIpc) is 2.75. The van der Waals surface area contributed by atoms with Crippen LogP contribution in [0.15, 0.2) is 48.5 Å². The van der Waals surface area contributed by atoms with Crippen molar-refractivity contribution in [2.75, 3.05) is 25.0 Å². The molecule has 1 aliphatic heterocycles. The summed E-state index contributed by atoms with van der Waals surface area (Å²) >= 11 is 0. The minimum atomic E-state index is -0.985. The number of hydrogen-bond acceptors (Lipinski definition) is 3. The van der Waals surface area contributed by atoms with Gasteiger partial charge in [0, 0.05) is 50.3 Å². The highest BCUT2D eigenvalue weighted by Gasteiger charge is 2.21. The lowest BCUT2D eigenvalue weighted by Crippen LogP contribution is -2.45. The maximum absolute atomic E-state index is 13.2. The molecule has 3 rings (SSSR count). The van der Waals surface area contributed by atoms with E-state index < -0.39 is 11.6 Å². The number of carbonyl (C=O) groups is 2. The van der Waals surface area contributed by atoms with Gasteiger partial charge in [0.1, 0.15) is 0 Å². The fourth-order valence-corrected chi connectivity index (χ4v) is 3.56. The van der Waals surface area contributed by atoms with Crippen LogP contribution in [0.3, 0.4) is 0 Å². The minimum absolute atomic E-state index is 0.0724. The second-order valence-corrected chi connectivity index (χ2v) is 7.60. The summed E-state index contributed by atoms with van der Waals surface area (Å²) in [5.74, 6) is -2.09.